The van der Waals surface area contributed by atoms with Crippen LogP contribution < -0.4 is 25.8 Å². The number of ether oxygens (including phenoxy) is 1. The third-order valence-corrected chi connectivity index (χ3v) is 5.87. The van der Waals surface area contributed by atoms with Crippen LogP contribution in [-0.4, -0.2) is 42.0 Å². The van der Waals surface area contributed by atoms with Crippen LogP contribution in [-0.2, 0) is 9.59 Å². The Labute approximate surface area is 184 Å². The van der Waals surface area contributed by atoms with Gasteiger partial charge in [0.2, 0.25) is 17.8 Å². The monoisotopic (exact) mass is 445 g/mol. The Bertz CT molecular complexity index is 1090. The Morgan fingerprint density at radius 2 is 2.16 bits per heavy atom. The Kier molecular flexibility index (Phi) is 5.86. The molecule has 3 heterocycles. The summed E-state index contributed by atoms with van der Waals surface area (Å²) in [5.74, 6) is -0.432. The molecule has 10 heteroatoms. The average Bonchev–Trinajstić information content (AvgIpc) is 2.73. The number of methoxy groups -OCH3 is 1. The van der Waals surface area contributed by atoms with E-state index in [9.17, 15) is 14.4 Å². The molecule has 1 saturated heterocycles. The van der Waals surface area contributed by atoms with Crippen molar-refractivity contribution < 1.29 is 14.3 Å². The summed E-state index contributed by atoms with van der Waals surface area (Å²) >= 11 is 6.03. The third kappa shape index (κ3) is 4.36. The zero-order valence-electron chi connectivity index (χ0n) is 17.3. The largest absolute Gasteiger partial charge is 0.495 e. The van der Waals surface area contributed by atoms with Crippen LogP contribution in [0.2, 0.25) is 5.02 Å². The maximum Gasteiger partial charge on any atom is 0.258 e. The minimum atomic E-state index is -0.988. The van der Waals surface area contributed by atoms with Crippen molar-refractivity contribution >= 4 is 40.9 Å². The van der Waals surface area contributed by atoms with Gasteiger partial charge in [0.25, 0.3) is 5.56 Å². The van der Waals surface area contributed by atoms with Crippen LogP contribution in [0.25, 0.3) is 0 Å². The summed E-state index contributed by atoms with van der Waals surface area (Å²) in [6.45, 7) is 3.70. The van der Waals surface area contributed by atoms with Crippen LogP contribution in [0, 0.1) is 5.92 Å². The number of amides is 2. The molecule has 9 nitrogen and oxygen atoms in total. The van der Waals surface area contributed by atoms with Crippen LogP contribution in [0.5, 0.6) is 5.75 Å². The highest BCUT2D eigenvalue weighted by molar-refractivity contribution is 6.31. The molecule has 0 radical (unpaired) electrons. The van der Waals surface area contributed by atoms with E-state index in [4.69, 9.17) is 16.3 Å². The molecule has 2 amide bonds. The number of carbonyl (C=O) groups is 2. The Morgan fingerprint density at radius 1 is 1.35 bits per heavy atom. The van der Waals surface area contributed by atoms with Crippen molar-refractivity contribution in [3.05, 3.63) is 39.1 Å². The van der Waals surface area contributed by atoms with Gasteiger partial charge in [-0.15, -0.1) is 0 Å². The second-order valence-corrected chi connectivity index (χ2v) is 8.42. The van der Waals surface area contributed by atoms with Crippen LogP contribution >= 0.6 is 11.6 Å². The molecule has 0 saturated carbocycles. The normalized spacial score (nSPS) is 20.6. The molecule has 0 unspecified atom stereocenters. The first-order valence-electron chi connectivity index (χ1n) is 10.2. The number of piperidine rings is 1. The van der Waals surface area contributed by atoms with Crippen molar-refractivity contribution in [2.45, 2.75) is 32.1 Å². The number of hydrogen-bond acceptors (Lipinski definition) is 6. The zero-order chi connectivity index (χ0) is 22.1. The van der Waals surface area contributed by atoms with Gasteiger partial charge in [-0.05, 0) is 37.0 Å². The average molecular weight is 446 g/mol. The molecule has 2 aliphatic heterocycles. The molecular formula is C21H24ClN5O4. The number of aromatic amines is 1. The standard InChI is InChI=1S/C21H24ClN5O4/c1-11-4-3-7-27(10-11)21-25-18-17(20(30)26-21)13(9-16(28)24-18)19(29)23-14-8-12(22)5-6-15(14)31-2/h5-6,8,11,13H,3-4,7,9-10H2,1-2H3,(H,23,29)(H2,24,25,26,28,30)/t11-,13-/m0/s1. The van der Waals surface area contributed by atoms with Crippen LogP contribution in [0.3, 0.4) is 0 Å². The van der Waals surface area contributed by atoms with Crippen molar-refractivity contribution in [1.29, 1.82) is 0 Å². The number of benzene rings is 1. The minimum absolute atomic E-state index is 0.131. The van der Waals surface area contributed by atoms with Gasteiger partial charge in [-0.25, -0.2) is 0 Å². The SMILES string of the molecule is COc1ccc(Cl)cc1NC(=O)[C@H]1CC(=O)Nc2nc(N3CCC[C@H](C)C3)[nH]c(=O)c21. The number of halogens is 1. The predicted octanol–water partition coefficient (Wildman–Crippen LogP) is 2.73. The second-order valence-electron chi connectivity index (χ2n) is 7.98. The van der Waals surface area contributed by atoms with E-state index < -0.39 is 17.4 Å². The molecular weight excluding hydrogens is 422 g/mol. The van der Waals surface area contributed by atoms with Gasteiger partial charge in [-0.1, -0.05) is 18.5 Å². The first kappa shape index (κ1) is 21.2. The Morgan fingerprint density at radius 3 is 2.90 bits per heavy atom. The molecule has 2 aliphatic rings. The first-order chi connectivity index (χ1) is 14.9. The minimum Gasteiger partial charge on any atom is -0.495 e. The van der Waals surface area contributed by atoms with Gasteiger partial charge < -0.3 is 20.3 Å². The number of nitrogens with zero attached hydrogens (tertiary/aromatic N) is 2. The lowest BCUT2D eigenvalue weighted by molar-refractivity contribution is -0.123. The summed E-state index contributed by atoms with van der Waals surface area (Å²) in [7, 11) is 1.47. The summed E-state index contributed by atoms with van der Waals surface area (Å²) in [6, 6.07) is 4.81. The third-order valence-electron chi connectivity index (χ3n) is 5.63. The zero-order valence-corrected chi connectivity index (χ0v) is 18.1. The van der Waals surface area contributed by atoms with Crippen molar-refractivity contribution in [2.75, 3.05) is 35.7 Å². The lowest BCUT2D eigenvalue weighted by Crippen LogP contribution is -2.40. The maximum atomic E-state index is 13.1. The van der Waals surface area contributed by atoms with Crippen molar-refractivity contribution in [1.82, 2.24) is 9.97 Å². The lowest BCUT2D eigenvalue weighted by atomic mass is 9.92. The molecule has 2 aromatic rings. The smallest absolute Gasteiger partial charge is 0.258 e. The second kappa shape index (κ2) is 8.58. The van der Waals surface area contributed by atoms with Crippen LogP contribution in [0.15, 0.2) is 23.0 Å². The first-order valence-corrected chi connectivity index (χ1v) is 10.6. The molecule has 3 N–H and O–H groups in total. The number of aromatic nitrogens is 2. The van der Waals surface area contributed by atoms with Gasteiger partial charge in [0.15, 0.2) is 0 Å². The van der Waals surface area contributed by atoms with Gasteiger partial charge in [0.05, 0.1) is 24.3 Å². The summed E-state index contributed by atoms with van der Waals surface area (Å²) < 4.78 is 5.26. The van der Waals surface area contributed by atoms with Gasteiger partial charge in [-0.3, -0.25) is 19.4 Å². The molecule has 1 aromatic carbocycles. The number of carbonyl (C=O) groups excluding carboxylic acids is 2. The number of rotatable bonds is 4. The van der Waals surface area contributed by atoms with E-state index in [2.05, 4.69) is 27.5 Å². The summed E-state index contributed by atoms with van der Waals surface area (Å²) in [6.07, 6.45) is 1.96. The van der Waals surface area contributed by atoms with E-state index in [0.29, 0.717) is 28.3 Å². The maximum absolute atomic E-state index is 13.1. The fourth-order valence-corrected chi connectivity index (χ4v) is 4.28. The van der Waals surface area contributed by atoms with Crippen molar-refractivity contribution in [3.63, 3.8) is 0 Å². The highest BCUT2D eigenvalue weighted by Crippen LogP contribution is 2.33. The lowest BCUT2D eigenvalue weighted by Gasteiger charge is -2.32. The van der Waals surface area contributed by atoms with Crippen LogP contribution in [0.4, 0.5) is 17.5 Å². The Balaban J connectivity index is 1.66. The fourth-order valence-electron chi connectivity index (χ4n) is 4.11. The van der Waals surface area contributed by atoms with Gasteiger partial charge in [-0.2, -0.15) is 4.98 Å². The fraction of sp³-hybridized carbons (Fsp3) is 0.429. The van der Waals surface area contributed by atoms with E-state index in [1.807, 2.05) is 4.90 Å². The topological polar surface area (TPSA) is 116 Å². The summed E-state index contributed by atoms with van der Waals surface area (Å²) in [4.78, 5) is 47.6. The van der Waals surface area contributed by atoms with E-state index in [-0.39, 0.29) is 23.7 Å². The highest BCUT2D eigenvalue weighted by Gasteiger charge is 2.35. The number of anilines is 3. The number of fused-ring (bicyclic) bond motifs is 1. The molecule has 164 valence electrons. The van der Waals surface area contributed by atoms with Crippen molar-refractivity contribution in [3.8, 4) is 5.75 Å². The highest BCUT2D eigenvalue weighted by atomic mass is 35.5. The van der Waals surface area contributed by atoms with Gasteiger partial charge in [0.1, 0.15) is 11.6 Å². The van der Waals surface area contributed by atoms with Crippen LogP contribution in [0.1, 0.15) is 37.7 Å². The van der Waals surface area contributed by atoms with Gasteiger partial charge in [0, 0.05) is 24.5 Å². The van der Waals surface area contributed by atoms with Crippen molar-refractivity contribution in [2.24, 2.45) is 5.92 Å². The molecule has 1 aromatic heterocycles. The molecule has 1 fully saturated rings. The van der Waals surface area contributed by atoms with E-state index in [0.717, 1.165) is 25.9 Å². The quantitative estimate of drug-likeness (QED) is 0.666. The molecule has 0 aliphatic carbocycles. The van der Waals surface area contributed by atoms with E-state index in [1.54, 1.807) is 18.2 Å². The van der Waals surface area contributed by atoms with E-state index in [1.165, 1.54) is 7.11 Å². The molecule has 0 bridgehead atoms. The number of nitrogens with one attached hydrogen (secondary N) is 3. The predicted molar refractivity (Wildman–Crippen MR) is 118 cm³/mol. The molecule has 2 atom stereocenters. The summed E-state index contributed by atoms with van der Waals surface area (Å²) in [5, 5.41) is 5.79. The molecule has 31 heavy (non-hydrogen) atoms. The molecule has 0 spiro atoms. The number of H-pyrrole nitrogens is 1. The molecule has 4 rings (SSSR count). The Hall–Kier alpha value is -3.07. The summed E-state index contributed by atoms with van der Waals surface area (Å²) in [5.41, 5.74) is 0.0687. The van der Waals surface area contributed by atoms with Gasteiger partial charge >= 0.3 is 0 Å². The van der Waals surface area contributed by atoms with E-state index >= 15 is 0 Å². The number of hydrogen-bond donors (Lipinski definition) is 3.